The maximum atomic E-state index is 11.0. The third-order valence-corrected chi connectivity index (χ3v) is 2.93. The molecule has 2 rings (SSSR count). The zero-order valence-corrected chi connectivity index (χ0v) is 10.9. The number of benzene rings is 1. The number of halogens is 1. The molecule has 18 heavy (non-hydrogen) atoms. The number of aryl methyl sites for hydroxylation is 1. The molecule has 0 atom stereocenters. The van der Waals surface area contributed by atoms with E-state index in [2.05, 4.69) is 17.2 Å². The van der Waals surface area contributed by atoms with Crippen molar-refractivity contribution in [1.82, 2.24) is 15.0 Å². The second-order valence-electron chi connectivity index (χ2n) is 4.03. The molecule has 0 aliphatic heterocycles. The van der Waals surface area contributed by atoms with Crippen molar-refractivity contribution in [2.24, 2.45) is 0 Å². The molecule has 0 saturated carbocycles. The Hall–Kier alpha value is -1.68. The van der Waals surface area contributed by atoms with Crippen LogP contribution >= 0.6 is 11.6 Å². The Morgan fingerprint density at radius 3 is 2.94 bits per heavy atom. The van der Waals surface area contributed by atoms with E-state index in [4.69, 9.17) is 11.6 Å². The summed E-state index contributed by atoms with van der Waals surface area (Å²) in [5.41, 5.74) is 1.96. The van der Waals surface area contributed by atoms with Crippen LogP contribution in [0.3, 0.4) is 0 Å². The maximum Gasteiger partial charge on any atom is 0.172 e. The van der Waals surface area contributed by atoms with E-state index in [1.165, 1.54) is 0 Å². The number of nitrogens with zero attached hydrogens (tertiary/aromatic N) is 3. The molecule has 0 N–H and O–H groups in total. The van der Waals surface area contributed by atoms with Crippen LogP contribution in [-0.4, -0.2) is 21.3 Å². The van der Waals surface area contributed by atoms with E-state index in [0.717, 1.165) is 36.9 Å². The first-order valence-corrected chi connectivity index (χ1v) is 6.28. The van der Waals surface area contributed by atoms with Gasteiger partial charge in [0.2, 0.25) is 0 Å². The Labute approximate surface area is 111 Å². The molecule has 4 nitrogen and oxygen atoms in total. The van der Waals surface area contributed by atoms with Gasteiger partial charge in [0.15, 0.2) is 12.0 Å². The van der Waals surface area contributed by atoms with Crippen LogP contribution in [0.4, 0.5) is 0 Å². The molecule has 1 aromatic heterocycles. The third-order valence-electron chi connectivity index (χ3n) is 2.69. The van der Waals surface area contributed by atoms with Crippen LogP contribution in [0.1, 0.15) is 30.3 Å². The van der Waals surface area contributed by atoms with Crippen molar-refractivity contribution < 1.29 is 4.79 Å². The number of rotatable bonds is 5. The first kappa shape index (κ1) is 12.8. The summed E-state index contributed by atoms with van der Waals surface area (Å²) in [7, 11) is 0. The summed E-state index contributed by atoms with van der Waals surface area (Å²) in [4.78, 5) is 11.0. The van der Waals surface area contributed by atoms with Gasteiger partial charge < -0.3 is 0 Å². The van der Waals surface area contributed by atoms with Crippen LogP contribution < -0.4 is 0 Å². The first-order valence-electron chi connectivity index (χ1n) is 5.91. The predicted molar refractivity (Wildman–Crippen MR) is 70.8 cm³/mol. The molecule has 0 unspecified atom stereocenters. The van der Waals surface area contributed by atoms with Gasteiger partial charge in [0, 0.05) is 17.1 Å². The number of carbonyl (C=O) groups excluding carboxylic acids is 1. The van der Waals surface area contributed by atoms with Gasteiger partial charge in [-0.1, -0.05) is 42.3 Å². The predicted octanol–water partition coefficient (Wildman–Crippen LogP) is 3.21. The summed E-state index contributed by atoms with van der Waals surface area (Å²) in [6, 6.07) is 7.37. The van der Waals surface area contributed by atoms with Gasteiger partial charge in [-0.15, -0.1) is 5.10 Å². The Bertz CT molecular complexity index is 551. The SMILES string of the molecule is CCCCn1nnc(C=O)c1-c1cccc(Cl)c1. The van der Waals surface area contributed by atoms with Gasteiger partial charge >= 0.3 is 0 Å². The van der Waals surface area contributed by atoms with E-state index in [1.54, 1.807) is 10.7 Å². The number of aromatic nitrogens is 3. The van der Waals surface area contributed by atoms with Gasteiger partial charge in [0.05, 0.1) is 5.69 Å². The summed E-state index contributed by atoms with van der Waals surface area (Å²) < 4.78 is 1.76. The summed E-state index contributed by atoms with van der Waals surface area (Å²) in [6.07, 6.45) is 2.78. The van der Waals surface area contributed by atoms with Crippen molar-refractivity contribution >= 4 is 17.9 Å². The quantitative estimate of drug-likeness (QED) is 0.778. The normalized spacial score (nSPS) is 10.6. The molecule has 2 aromatic rings. The van der Waals surface area contributed by atoms with Gasteiger partial charge in [-0.2, -0.15) is 0 Å². The van der Waals surface area contributed by atoms with E-state index < -0.39 is 0 Å². The van der Waals surface area contributed by atoms with Crippen molar-refractivity contribution in [1.29, 1.82) is 0 Å². The second-order valence-corrected chi connectivity index (χ2v) is 4.46. The molecule has 0 saturated heterocycles. The largest absolute Gasteiger partial charge is 0.296 e. The van der Waals surface area contributed by atoms with Crippen LogP contribution in [0.25, 0.3) is 11.3 Å². The molecule has 0 radical (unpaired) electrons. The van der Waals surface area contributed by atoms with Crippen LogP contribution in [-0.2, 0) is 6.54 Å². The molecule has 1 heterocycles. The van der Waals surface area contributed by atoms with Crippen molar-refractivity contribution in [3.8, 4) is 11.3 Å². The average molecular weight is 264 g/mol. The van der Waals surface area contributed by atoms with Crippen LogP contribution in [0.2, 0.25) is 5.02 Å². The monoisotopic (exact) mass is 263 g/mol. The zero-order chi connectivity index (χ0) is 13.0. The highest BCUT2D eigenvalue weighted by Crippen LogP contribution is 2.24. The Morgan fingerprint density at radius 1 is 1.44 bits per heavy atom. The van der Waals surface area contributed by atoms with E-state index in [-0.39, 0.29) is 0 Å². The average Bonchev–Trinajstić information content (AvgIpc) is 2.79. The van der Waals surface area contributed by atoms with Crippen molar-refractivity contribution in [3.63, 3.8) is 0 Å². The van der Waals surface area contributed by atoms with Crippen molar-refractivity contribution in [2.75, 3.05) is 0 Å². The molecule has 0 amide bonds. The topological polar surface area (TPSA) is 47.8 Å². The fraction of sp³-hybridized carbons (Fsp3) is 0.308. The second kappa shape index (κ2) is 5.78. The van der Waals surface area contributed by atoms with Crippen LogP contribution in [0, 0.1) is 0 Å². The van der Waals surface area contributed by atoms with Crippen LogP contribution in [0.15, 0.2) is 24.3 Å². The maximum absolute atomic E-state index is 11.0. The molecular weight excluding hydrogens is 250 g/mol. The minimum Gasteiger partial charge on any atom is -0.296 e. The minimum absolute atomic E-state index is 0.355. The Balaban J connectivity index is 2.46. The van der Waals surface area contributed by atoms with E-state index in [1.807, 2.05) is 18.2 Å². The van der Waals surface area contributed by atoms with E-state index in [0.29, 0.717) is 10.7 Å². The van der Waals surface area contributed by atoms with Gasteiger partial charge in [-0.05, 0) is 18.6 Å². The molecule has 0 aliphatic carbocycles. The number of hydrogen-bond acceptors (Lipinski definition) is 3. The lowest BCUT2D eigenvalue weighted by Crippen LogP contribution is -2.03. The third kappa shape index (κ3) is 2.59. The first-order chi connectivity index (χ1) is 8.76. The van der Waals surface area contributed by atoms with Gasteiger partial charge in [-0.25, -0.2) is 4.68 Å². The number of unbranched alkanes of at least 4 members (excludes halogenated alkanes) is 1. The summed E-state index contributed by atoms with van der Waals surface area (Å²) in [6.45, 7) is 2.86. The van der Waals surface area contributed by atoms with Crippen molar-refractivity contribution in [3.05, 3.63) is 35.0 Å². The Kier molecular flexibility index (Phi) is 4.10. The zero-order valence-electron chi connectivity index (χ0n) is 10.1. The molecule has 0 spiro atoms. The lowest BCUT2D eigenvalue weighted by atomic mass is 10.1. The molecule has 1 aromatic carbocycles. The molecule has 0 fully saturated rings. The Morgan fingerprint density at radius 2 is 2.28 bits per heavy atom. The lowest BCUT2D eigenvalue weighted by Gasteiger charge is -2.06. The summed E-state index contributed by atoms with van der Waals surface area (Å²) in [5, 5.41) is 8.55. The molecular formula is C13H14ClN3O. The molecule has 5 heteroatoms. The standard InChI is InChI=1S/C13H14ClN3O/c1-2-3-7-17-13(12(9-18)15-16-17)10-5-4-6-11(14)8-10/h4-6,8-9H,2-3,7H2,1H3. The summed E-state index contributed by atoms with van der Waals surface area (Å²) >= 11 is 5.98. The van der Waals surface area contributed by atoms with Crippen LogP contribution in [0.5, 0.6) is 0 Å². The highest BCUT2D eigenvalue weighted by Gasteiger charge is 2.14. The fourth-order valence-electron chi connectivity index (χ4n) is 1.80. The number of hydrogen-bond donors (Lipinski definition) is 0. The lowest BCUT2D eigenvalue weighted by molar-refractivity contribution is 0.111. The smallest absolute Gasteiger partial charge is 0.172 e. The van der Waals surface area contributed by atoms with Gasteiger partial charge in [0.1, 0.15) is 0 Å². The number of carbonyl (C=O) groups is 1. The minimum atomic E-state index is 0.355. The fourth-order valence-corrected chi connectivity index (χ4v) is 1.99. The molecule has 0 bridgehead atoms. The van der Waals surface area contributed by atoms with Gasteiger partial charge in [-0.3, -0.25) is 4.79 Å². The number of aldehydes is 1. The van der Waals surface area contributed by atoms with E-state index >= 15 is 0 Å². The highest BCUT2D eigenvalue weighted by atomic mass is 35.5. The molecule has 0 aliphatic rings. The van der Waals surface area contributed by atoms with E-state index in [9.17, 15) is 4.79 Å². The summed E-state index contributed by atoms with van der Waals surface area (Å²) in [5.74, 6) is 0. The van der Waals surface area contributed by atoms with Gasteiger partial charge in [0.25, 0.3) is 0 Å². The molecule has 94 valence electrons. The van der Waals surface area contributed by atoms with Crippen molar-refractivity contribution in [2.45, 2.75) is 26.3 Å². The highest BCUT2D eigenvalue weighted by molar-refractivity contribution is 6.30.